The summed E-state index contributed by atoms with van der Waals surface area (Å²) in [4.78, 5) is 6.43. The third kappa shape index (κ3) is 2.98. The van der Waals surface area contributed by atoms with Crippen molar-refractivity contribution in [1.29, 1.82) is 0 Å². The van der Waals surface area contributed by atoms with E-state index in [0.717, 1.165) is 41.7 Å². The van der Waals surface area contributed by atoms with E-state index in [1.807, 2.05) is 42.7 Å². The van der Waals surface area contributed by atoms with Gasteiger partial charge in [0.2, 0.25) is 0 Å². The molecule has 0 aliphatic heterocycles. The molecule has 4 nitrogen and oxygen atoms in total. The van der Waals surface area contributed by atoms with Gasteiger partial charge < -0.3 is 4.90 Å². The predicted molar refractivity (Wildman–Crippen MR) is 91.1 cm³/mol. The molecule has 0 fully saturated rings. The minimum atomic E-state index is 0.714. The number of rotatable bonds is 5. The molecule has 0 bridgehead atoms. The van der Waals surface area contributed by atoms with Gasteiger partial charge in [0.05, 0.1) is 10.5 Å². The monoisotopic (exact) mass is 314 g/mol. The van der Waals surface area contributed by atoms with E-state index in [2.05, 4.69) is 28.7 Å². The molecule has 2 heterocycles. The zero-order valence-electron chi connectivity index (χ0n) is 12.8. The van der Waals surface area contributed by atoms with Crippen molar-refractivity contribution in [3.05, 3.63) is 47.7 Å². The summed E-state index contributed by atoms with van der Waals surface area (Å²) in [5.74, 6) is 0. The van der Waals surface area contributed by atoms with E-state index in [-0.39, 0.29) is 0 Å². The van der Waals surface area contributed by atoms with Crippen LogP contribution < -0.4 is 0 Å². The maximum absolute atomic E-state index is 6.34. The van der Waals surface area contributed by atoms with E-state index >= 15 is 0 Å². The van der Waals surface area contributed by atoms with Gasteiger partial charge in [-0.25, -0.2) is 0 Å². The Morgan fingerprint density at radius 2 is 2.00 bits per heavy atom. The highest BCUT2D eigenvalue weighted by Gasteiger charge is 2.14. The van der Waals surface area contributed by atoms with Gasteiger partial charge in [-0.1, -0.05) is 29.8 Å². The highest BCUT2D eigenvalue weighted by molar-refractivity contribution is 6.33. The van der Waals surface area contributed by atoms with E-state index in [9.17, 15) is 0 Å². The fourth-order valence-corrected chi connectivity index (χ4v) is 2.81. The molecular weight excluding hydrogens is 296 g/mol. The van der Waals surface area contributed by atoms with E-state index in [4.69, 9.17) is 16.7 Å². The lowest BCUT2D eigenvalue weighted by Gasteiger charge is -2.09. The first-order chi connectivity index (χ1) is 10.7. The number of halogens is 1. The molecule has 22 heavy (non-hydrogen) atoms. The zero-order valence-corrected chi connectivity index (χ0v) is 13.6. The third-order valence-electron chi connectivity index (χ3n) is 3.66. The van der Waals surface area contributed by atoms with Crippen LogP contribution in [0.2, 0.25) is 5.02 Å². The maximum Gasteiger partial charge on any atom is 0.103 e. The molecule has 0 aliphatic rings. The van der Waals surface area contributed by atoms with Crippen LogP contribution in [0.5, 0.6) is 0 Å². The lowest BCUT2D eigenvalue weighted by molar-refractivity contribution is 0.383. The molecule has 2 aromatic heterocycles. The van der Waals surface area contributed by atoms with Gasteiger partial charge in [0.1, 0.15) is 5.69 Å². The van der Waals surface area contributed by atoms with Crippen molar-refractivity contribution in [2.45, 2.75) is 13.0 Å². The minimum Gasteiger partial charge on any atom is -0.309 e. The molecule has 0 N–H and O–H groups in total. The van der Waals surface area contributed by atoms with Crippen molar-refractivity contribution >= 4 is 22.5 Å². The molecular formula is C17H19ClN4. The number of aryl methyl sites for hydroxylation is 1. The quantitative estimate of drug-likeness (QED) is 0.720. The van der Waals surface area contributed by atoms with E-state index < -0.39 is 0 Å². The van der Waals surface area contributed by atoms with Crippen LogP contribution in [0.15, 0.2) is 42.7 Å². The summed E-state index contributed by atoms with van der Waals surface area (Å²) >= 11 is 6.34. The van der Waals surface area contributed by atoms with Crippen LogP contribution in [-0.4, -0.2) is 40.3 Å². The SMILES string of the molecule is CN(C)CCCn1nc(-c2ccccc2Cl)c2cnccc21. The largest absolute Gasteiger partial charge is 0.309 e. The van der Waals surface area contributed by atoms with Crippen LogP contribution in [0.4, 0.5) is 0 Å². The lowest BCUT2D eigenvalue weighted by Crippen LogP contribution is -2.15. The highest BCUT2D eigenvalue weighted by Crippen LogP contribution is 2.32. The molecule has 0 saturated carbocycles. The molecule has 1 aromatic carbocycles. The number of pyridine rings is 1. The number of aromatic nitrogens is 3. The van der Waals surface area contributed by atoms with Crippen molar-refractivity contribution in [3.8, 4) is 11.3 Å². The summed E-state index contributed by atoms with van der Waals surface area (Å²) in [5, 5.41) is 6.55. The Bertz CT molecular complexity index is 779. The standard InChI is InChI=1S/C17H19ClN4/c1-21(2)10-5-11-22-16-8-9-19-12-14(16)17(20-22)13-6-3-4-7-15(13)18/h3-4,6-9,12H,5,10-11H2,1-2H3. The topological polar surface area (TPSA) is 34.0 Å². The van der Waals surface area contributed by atoms with Crippen LogP contribution in [0, 0.1) is 0 Å². The second-order valence-electron chi connectivity index (χ2n) is 5.60. The minimum absolute atomic E-state index is 0.714. The Morgan fingerprint density at radius 3 is 2.77 bits per heavy atom. The van der Waals surface area contributed by atoms with Crippen molar-refractivity contribution in [1.82, 2.24) is 19.7 Å². The second-order valence-corrected chi connectivity index (χ2v) is 6.01. The molecule has 0 spiro atoms. The molecule has 0 atom stereocenters. The van der Waals surface area contributed by atoms with Crippen molar-refractivity contribution in [2.24, 2.45) is 0 Å². The van der Waals surface area contributed by atoms with Crippen molar-refractivity contribution in [3.63, 3.8) is 0 Å². The first kappa shape index (κ1) is 15.0. The van der Waals surface area contributed by atoms with Gasteiger partial charge in [0, 0.05) is 29.9 Å². The van der Waals surface area contributed by atoms with Gasteiger partial charge in [0.25, 0.3) is 0 Å². The number of hydrogen-bond acceptors (Lipinski definition) is 3. The summed E-state index contributed by atoms with van der Waals surface area (Å²) in [5.41, 5.74) is 2.95. The maximum atomic E-state index is 6.34. The molecule has 0 aliphatic carbocycles. The van der Waals surface area contributed by atoms with Crippen LogP contribution in [0.1, 0.15) is 6.42 Å². The van der Waals surface area contributed by atoms with Gasteiger partial charge >= 0.3 is 0 Å². The fourth-order valence-electron chi connectivity index (χ4n) is 2.58. The van der Waals surface area contributed by atoms with Crippen molar-refractivity contribution < 1.29 is 0 Å². The Kier molecular flexibility index (Phi) is 4.41. The predicted octanol–water partition coefficient (Wildman–Crippen LogP) is 3.70. The first-order valence-corrected chi connectivity index (χ1v) is 7.75. The smallest absolute Gasteiger partial charge is 0.103 e. The molecule has 3 aromatic rings. The average molecular weight is 315 g/mol. The van der Waals surface area contributed by atoms with Crippen LogP contribution in [0.3, 0.4) is 0 Å². The molecule has 5 heteroatoms. The lowest BCUT2D eigenvalue weighted by atomic mass is 10.1. The first-order valence-electron chi connectivity index (χ1n) is 7.37. The Balaban J connectivity index is 2.03. The fraction of sp³-hybridized carbons (Fsp3) is 0.294. The second kappa shape index (κ2) is 6.46. The molecule has 0 saturated heterocycles. The molecule has 0 amide bonds. The molecule has 3 rings (SSSR count). The van der Waals surface area contributed by atoms with Crippen LogP contribution in [-0.2, 0) is 6.54 Å². The van der Waals surface area contributed by atoms with E-state index in [0.29, 0.717) is 5.02 Å². The summed E-state index contributed by atoms with van der Waals surface area (Å²) < 4.78 is 2.05. The van der Waals surface area contributed by atoms with Gasteiger partial charge in [-0.05, 0) is 39.2 Å². The summed E-state index contributed by atoms with van der Waals surface area (Å²) in [7, 11) is 4.17. The van der Waals surface area contributed by atoms with Crippen molar-refractivity contribution in [2.75, 3.05) is 20.6 Å². The average Bonchev–Trinajstić information content (AvgIpc) is 2.87. The van der Waals surface area contributed by atoms with Gasteiger partial charge in [0.15, 0.2) is 0 Å². The number of hydrogen-bond donors (Lipinski definition) is 0. The molecule has 114 valence electrons. The summed E-state index contributed by atoms with van der Waals surface area (Å²) in [6.45, 7) is 1.91. The van der Waals surface area contributed by atoms with Gasteiger partial charge in [-0.2, -0.15) is 5.10 Å². The zero-order chi connectivity index (χ0) is 15.5. The molecule has 0 unspecified atom stereocenters. The molecule has 0 radical (unpaired) electrons. The van der Waals surface area contributed by atoms with Gasteiger partial charge in [-0.3, -0.25) is 9.67 Å². The summed E-state index contributed by atoms with van der Waals surface area (Å²) in [6, 6.07) is 9.82. The summed E-state index contributed by atoms with van der Waals surface area (Å²) in [6.07, 6.45) is 4.72. The Labute approximate surface area is 135 Å². The number of nitrogens with zero attached hydrogens (tertiary/aromatic N) is 4. The van der Waals surface area contributed by atoms with Crippen LogP contribution >= 0.6 is 11.6 Å². The highest BCUT2D eigenvalue weighted by atomic mass is 35.5. The Hall–Kier alpha value is -1.91. The van der Waals surface area contributed by atoms with E-state index in [1.54, 1.807) is 0 Å². The van der Waals surface area contributed by atoms with Gasteiger partial charge in [-0.15, -0.1) is 0 Å². The third-order valence-corrected chi connectivity index (χ3v) is 3.99. The van der Waals surface area contributed by atoms with E-state index in [1.165, 1.54) is 0 Å². The van der Waals surface area contributed by atoms with Crippen LogP contribution in [0.25, 0.3) is 22.2 Å². The Morgan fingerprint density at radius 1 is 1.18 bits per heavy atom. The number of fused-ring (bicyclic) bond motifs is 1. The normalized spacial score (nSPS) is 11.5. The number of benzene rings is 1.